The zero-order chi connectivity index (χ0) is 21.8. The van der Waals surface area contributed by atoms with Gasteiger partial charge in [0, 0.05) is 37.9 Å². The highest BCUT2D eigenvalue weighted by molar-refractivity contribution is 7.89. The van der Waals surface area contributed by atoms with Crippen LogP contribution in [0.1, 0.15) is 16.8 Å². The van der Waals surface area contributed by atoms with Crippen LogP contribution in [0.4, 0.5) is 4.39 Å². The molecule has 2 aromatic carbocycles. The number of nitrogens with one attached hydrogen (secondary N) is 1. The molecule has 0 bridgehead atoms. The van der Waals surface area contributed by atoms with E-state index < -0.39 is 21.7 Å². The summed E-state index contributed by atoms with van der Waals surface area (Å²) < 4.78 is 48.4. The molecule has 4 rings (SSSR count). The Morgan fingerprint density at radius 1 is 1.10 bits per heavy atom. The topological polar surface area (TPSA) is 80.6 Å². The number of amides is 1. The molecule has 3 aromatic rings. The number of benzene rings is 2. The third-order valence-corrected chi connectivity index (χ3v) is 7.23. The predicted molar refractivity (Wildman–Crippen MR) is 115 cm³/mol. The van der Waals surface area contributed by atoms with E-state index in [9.17, 15) is 17.6 Å². The number of fused-ring (bicyclic) bond motifs is 1. The predicted octanol–water partition coefficient (Wildman–Crippen LogP) is 2.62. The number of para-hydroxylation sites is 1. The van der Waals surface area contributed by atoms with Gasteiger partial charge in [-0.1, -0.05) is 18.2 Å². The quantitative estimate of drug-likeness (QED) is 0.567. The first-order chi connectivity index (χ1) is 15.0. The lowest BCUT2D eigenvalue weighted by molar-refractivity contribution is 0.0730. The van der Waals surface area contributed by atoms with Gasteiger partial charge in [-0.2, -0.15) is 4.31 Å². The van der Waals surface area contributed by atoms with Crippen molar-refractivity contribution in [1.82, 2.24) is 14.2 Å². The van der Waals surface area contributed by atoms with Gasteiger partial charge in [0.15, 0.2) is 0 Å². The highest BCUT2D eigenvalue weighted by atomic mass is 32.2. The summed E-state index contributed by atoms with van der Waals surface area (Å²) in [7, 11) is -3.81. The zero-order valence-electron chi connectivity index (χ0n) is 17.0. The fraction of sp³-hybridized carbons (Fsp3) is 0.318. The number of hydrogen-bond acceptors (Lipinski definition) is 4. The third-order valence-electron chi connectivity index (χ3n) is 5.33. The van der Waals surface area contributed by atoms with E-state index in [-0.39, 0.29) is 23.5 Å². The van der Waals surface area contributed by atoms with Crippen LogP contribution in [0.15, 0.2) is 59.6 Å². The molecule has 0 saturated carbocycles. The van der Waals surface area contributed by atoms with Gasteiger partial charge in [-0.15, -0.1) is 0 Å². The van der Waals surface area contributed by atoms with Crippen LogP contribution in [0.3, 0.4) is 0 Å². The van der Waals surface area contributed by atoms with Crippen LogP contribution in [0.25, 0.3) is 10.9 Å². The minimum Gasteiger partial charge on any atom is -0.379 e. The van der Waals surface area contributed by atoms with Crippen molar-refractivity contribution in [2.24, 2.45) is 0 Å². The minimum absolute atomic E-state index is 0.0974. The normalized spacial score (nSPS) is 15.3. The zero-order valence-corrected chi connectivity index (χ0v) is 17.8. The Balaban J connectivity index is 1.39. The molecular formula is C22H24FN3O4S. The number of morpholine rings is 1. The maximum Gasteiger partial charge on any atom is 0.254 e. The van der Waals surface area contributed by atoms with Crippen molar-refractivity contribution >= 4 is 26.8 Å². The van der Waals surface area contributed by atoms with Gasteiger partial charge >= 0.3 is 0 Å². The molecule has 9 heteroatoms. The molecule has 7 nitrogen and oxygen atoms in total. The monoisotopic (exact) mass is 445 g/mol. The standard InChI is InChI=1S/C22H24FN3O4S/c23-20-7-6-18(31(28,29)26-12-14-30-15-13-26)16-19(20)22(27)24-9-3-10-25-11-8-17-4-1-2-5-21(17)25/h1-2,4-8,11,16H,3,9-10,12-15H2,(H,24,27). The van der Waals surface area contributed by atoms with E-state index in [1.807, 2.05) is 36.5 Å². The van der Waals surface area contributed by atoms with Gasteiger partial charge in [0.1, 0.15) is 5.82 Å². The van der Waals surface area contributed by atoms with Crippen molar-refractivity contribution in [3.8, 4) is 0 Å². The molecule has 1 aromatic heterocycles. The van der Waals surface area contributed by atoms with Crippen LogP contribution < -0.4 is 5.32 Å². The Labute approximate surface area is 180 Å². The number of carbonyl (C=O) groups is 1. The molecule has 0 spiro atoms. The molecule has 2 heterocycles. The smallest absolute Gasteiger partial charge is 0.254 e. The second-order valence-corrected chi connectivity index (χ2v) is 9.27. The number of carbonyl (C=O) groups excluding carboxylic acids is 1. The van der Waals surface area contributed by atoms with Crippen LogP contribution in [0.2, 0.25) is 0 Å². The fourth-order valence-electron chi connectivity index (χ4n) is 3.66. The van der Waals surface area contributed by atoms with Crippen molar-refractivity contribution < 1.29 is 22.3 Å². The number of rotatable bonds is 7. The Morgan fingerprint density at radius 2 is 1.87 bits per heavy atom. The number of halogens is 1. The molecule has 164 valence electrons. The molecule has 0 atom stereocenters. The molecule has 1 aliphatic heterocycles. The first-order valence-electron chi connectivity index (χ1n) is 10.2. The maximum absolute atomic E-state index is 14.3. The van der Waals surface area contributed by atoms with Gasteiger partial charge in [0.05, 0.1) is 23.7 Å². The van der Waals surface area contributed by atoms with E-state index in [2.05, 4.69) is 9.88 Å². The summed E-state index contributed by atoms with van der Waals surface area (Å²) in [5, 5.41) is 3.83. The molecule has 1 fully saturated rings. The number of nitrogens with zero attached hydrogens (tertiary/aromatic N) is 2. The Kier molecular flexibility index (Phi) is 6.35. The second kappa shape index (κ2) is 9.17. The average molecular weight is 446 g/mol. The van der Waals surface area contributed by atoms with Crippen molar-refractivity contribution in [1.29, 1.82) is 0 Å². The summed E-state index contributed by atoms with van der Waals surface area (Å²) in [5.74, 6) is -1.39. The molecule has 31 heavy (non-hydrogen) atoms. The molecule has 0 radical (unpaired) electrons. The number of aryl methyl sites for hydroxylation is 1. The Morgan fingerprint density at radius 3 is 2.68 bits per heavy atom. The SMILES string of the molecule is O=C(NCCCn1ccc2ccccc21)c1cc(S(=O)(=O)N2CCOCC2)ccc1F. The van der Waals surface area contributed by atoms with Crippen LogP contribution in [0.5, 0.6) is 0 Å². The third kappa shape index (κ3) is 4.63. The number of hydrogen-bond donors (Lipinski definition) is 1. The molecule has 1 amide bonds. The van der Waals surface area contributed by atoms with E-state index >= 15 is 0 Å². The van der Waals surface area contributed by atoms with Gasteiger partial charge in [0.25, 0.3) is 5.91 Å². The van der Waals surface area contributed by atoms with Crippen LogP contribution in [0, 0.1) is 5.82 Å². The van der Waals surface area contributed by atoms with E-state index in [1.54, 1.807) is 0 Å². The molecule has 1 aliphatic rings. The number of sulfonamides is 1. The summed E-state index contributed by atoms with van der Waals surface area (Å²) in [5.41, 5.74) is 0.835. The summed E-state index contributed by atoms with van der Waals surface area (Å²) in [6.45, 7) is 2.12. The average Bonchev–Trinajstić information content (AvgIpc) is 3.20. The lowest BCUT2D eigenvalue weighted by Crippen LogP contribution is -2.40. The summed E-state index contributed by atoms with van der Waals surface area (Å²) in [6.07, 6.45) is 2.64. The van der Waals surface area contributed by atoms with Gasteiger partial charge < -0.3 is 14.6 Å². The van der Waals surface area contributed by atoms with E-state index in [4.69, 9.17) is 4.74 Å². The second-order valence-electron chi connectivity index (χ2n) is 7.34. The molecule has 0 aliphatic carbocycles. The van der Waals surface area contributed by atoms with Crippen LogP contribution in [-0.2, 0) is 21.3 Å². The van der Waals surface area contributed by atoms with Gasteiger partial charge in [-0.05, 0) is 42.1 Å². The van der Waals surface area contributed by atoms with Gasteiger partial charge in [-0.3, -0.25) is 4.79 Å². The molecular weight excluding hydrogens is 421 g/mol. The van der Waals surface area contributed by atoms with Crippen molar-refractivity contribution in [3.63, 3.8) is 0 Å². The highest BCUT2D eigenvalue weighted by Gasteiger charge is 2.27. The van der Waals surface area contributed by atoms with Crippen LogP contribution >= 0.6 is 0 Å². The highest BCUT2D eigenvalue weighted by Crippen LogP contribution is 2.20. The van der Waals surface area contributed by atoms with Crippen molar-refractivity contribution in [3.05, 3.63) is 66.1 Å². The number of ether oxygens (including phenoxy) is 1. The summed E-state index contributed by atoms with van der Waals surface area (Å²) in [4.78, 5) is 12.4. The summed E-state index contributed by atoms with van der Waals surface area (Å²) >= 11 is 0. The first-order valence-corrected chi connectivity index (χ1v) is 11.6. The van der Waals surface area contributed by atoms with Crippen LogP contribution in [-0.4, -0.2) is 56.0 Å². The van der Waals surface area contributed by atoms with Gasteiger partial charge in [-0.25, -0.2) is 12.8 Å². The van der Waals surface area contributed by atoms with Crippen molar-refractivity contribution in [2.45, 2.75) is 17.9 Å². The molecule has 0 unspecified atom stereocenters. The molecule has 1 saturated heterocycles. The van der Waals surface area contributed by atoms with E-state index in [0.29, 0.717) is 32.7 Å². The first kappa shape index (κ1) is 21.5. The lowest BCUT2D eigenvalue weighted by Gasteiger charge is -2.26. The molecule has 1 N–H and O–H groups in total. The largest absolute Gasteiger partial charge is 0.379 e. The fourth-order valence-corrected chi connectivity index (χ4v) is 5.09. The Hall–Kier alpha value is -2.75. The minimum atomic E-state index is -3.81. The summed E-state index contributed by atoms with van der Waals surface area (Å²) in [6, 6.07) is 13.4. The van der Waals surface area contributed by atoms with Gasteiger partial charge in [0.2, 0.25) is 10.0 Å². The lowest BCUT2D eigenvalue weighted by atomic mass is 10.2. The Bertz CT molecular complexity index is 1190. The maximum atomic E-state index is 14.3. The van der Waals surface area contributed by atoms with E-state index in [1.165, 1.54) is 10.4 Å². The van der Waals surface area contributed by atoms with Crippen molar-refractivity contribution in [2.75, 3.05) is 32.8 Å². The number of aromatic nitrogens is 1. The van der Waals surface area contributed by atoms with E-state index in [0.717, 1.165) is 23.0 Å².